The third-order valence-electron chi connectivity index (χ3n) is 8.09. The molecule has 0 bridgehead atoms. The number of nitrogens with one attached hydrogen (secondary N) is 2. The van der Waals surface area contributed by atoms with E-state index in [-0.39, 0.29) is 0 Å². The van der Waals surface area contributed by atoms with Gasteiger partial charge in [0.25, 0.3) is 0 Å². The summed E-state index contributed by atoms with van der Waals surface area (Å²) in [5, 5.41) is 25.2. The molecule has 0 fully saturated rings. The SMILES string of the molecule is CNc1c2cc3ccccc3cc2c2ccc3c(NC)c4cc5ccccc5cc4c4ccc1c2c34. The highest BCUT2D eigenvalue weighted by Crippen LogP contribution is 2.48. The molecular formula is C34H24N2. The van der Waals surface area contributed by atoms with Gasteiger partial charge in [-0.3, -0.25) is 0 Å². The molecular weight excluding hydrogens is 436 g/mol. The molecule has 8 aromatic rings. The van der Waals surface area contributed by atoms with Crippen molar-refractivity contribution in [3.05, 3.63) is 97.1 Å². The number of benzene rings is 8. The number of hydrogen-bond donors (Lipinski definition) is 2. The van der Waals surface area contributed by atoms with Gasteiger partial charge in [-0.25, -0.2) is 0 Å². The first-order valence-electron chi connectivity index (χ1n) is 12.5. The van der Waals surface area contributed by atoms with Crippen LogP contribution in [0.15, 0.2) is 97.1 Å². The number of anilines is 2. The Morgan fingerprint density at radius 3 is 1.06 bits per heavy atom. The first-order chi connectivity index (χ1) is 17.8. The molecule has 8 aromatic carbocycles. The molecule has 0 aromatic heterocycles. The van der Waals surface area contributed by atoms with Crippen molar-refractivity contribution in [2.24, 2.45) is 0 Å². The van der Waals surface area contributed by atoms with Crippen LogP contribution in [0.2, 0.25) is 0 Å². The summed E-state index contributed by atoms with van der Waals surface area (Å²) in [6, 6.07) is 36.0. The molecule has 0 aliphatic rings. The smallest absolute Gasteiger partial charge is 0.0497 e. The molecule has 0 saturated heterocycles. The van der Waals surface area contributed by atoms with Gasteiger partial charge in [0, 0.05) is 57.8 Å². The maximum atomic E-state index is 3.56. The van der Waals surface area contributed by atoms with Crippen LogP contribution in [0, 0.1) is 0 Å². The predicted molar refractivity (Wildman–Crippen MR) is 159 cm³/mol. The zero-order chi connectivity index (χ0) is 24.0. The van der Waals surface area contributed by atoms with Crippen molar-refractivity contribution >= 4 is 86.8 Å². The quantitative estimate of drug-likeness (QED) is 0.198. The van der Waals surface area contributed by atoms with E-state index in [4.69, 9.17) is 0 Å². The summed E-state index contributed by atoms with van der Waals surface area (Å²) in [5.41, 5.74) is 2.39. The van der Waals surface area contributed by atoms with E-state index in [1.54, 1.807) is 0 Å². The highest BCUT2D eigenvalue weighted by Gasteiger charge is 2.20. The minimum Gasteiger partial charge on any atom is -0.387 e. The molecule has 0 aliphatic carbocycles. The Bertz CT molecular complexity index is 2010. The van der Waals surface area contributed by atoms with Crippen LogP contribution in [0.25, 0.3) is 75.4 Å². The third kappa shape index (κ3) is 2.41. The molecule has 0 amide bonds. The number of fused-ring (bicyclic) bond motifs is 6. The van der Waals surface area contributed by atoms with Gasteiger partial charge in [0.1, 0.15) is 0 Å². The van der Waals surface area contributed by atoms with Crippen LogP contribution >= 0.6 is 0 Å². The fourth-order valence-corrected chi connectivity index (χ4v) is 6.53. The van der Waals surface area contributed by atoms with Gasteiger partial charge in [0.15, 0.2) is 0 Å². The van der Waals surface area contributed by atoms with Gasteiger partial charge in [-0.05, 0) is 67.4 Å². The van der Waals surface area contributed by atoms with Crippen LogP contribution in [-0.4, -0.2) is 14.1 Å². The van der Waals surface area contributed by atoms with Gasteiger partial charge in [0.2, 0.25) is 0 Å². The number of rotatable bonds is 2. The van der Waals surface area contributed by atoms with Crippen LogP contribution in [0.4, 0.5) is 11.4 Å². The van der Waals surface area contributed by atoms with Gasteiger partial charge in [-0.15, -0.1) is 0 Å². The van der Waals surface area contributed by atoms with Crippen LogP contribution < -0.4 is 10.6 Å². The molecule has 36 heavy (non-hydrogen) atoms. The van der Waals surface area contributed by atoms with Crippen LogP contribution in [0.3, 0.4) is 0 Å². The molecule has 0 saturated carbocycles. The van der Waals surface area contributed by atoms with E-state index in [0.717, 1.165) is 0 Å². The van der Waals surface area contributed by atoms with E-state index in [1.165, 1.54) is 86.8 Å². The van der Waals surface area contributed by atoms with E-state index in [2.05, 4.69) is 108 Å². The molecule has 0 aliphatic heterocycles. The van der Waals surface area contributed by atoms with E-state index >= 15 is 0 Å². The Kier molecular flexibility index (Phi) is 3.83. The van der Waals surface area contributed by atoms with Crippen molar-refractivity contribution in [2.45, 2.75) is 0 Å². The normalized spacial score (nSPS) is 12.2. The summed E-state index contributed by atoms with van der Waals surface area (Å²) in [6.45, 7) is 0. The monoisotopic (exact) mass is 460 g/mol. The Labute approximate surface area is 208 Å². The van der Waals surface area contributed by atoms with E-state index in [1.807, 2.05) is 14.1 Å². The minimum absolute atomic E-state index is 1.20. The van der Waals surface area contributed by atoms with Gasteiger partial charge in [-0.1, -0.05) is 72.8 Å². The van der Waals surface area contributed by atoms with E-state index in [9.17, 15) is 0 Å². The van der Waals surface area contributed by atoms with Crippen molar-refractivity contribution in [3.8, 4) is 0 Å². The lowest BCUT2D eigenvalue weighted by molar-refractivity contribution is 1.57. The second kappa shape index (κ2) is 6.99. The molecule has 0 radical (unpaired) electrons. The average molecular weight is 461 g/mol. The lowest BCUT2D eigenvalue weighted by Crippen LogP contribution is -1.97. The molecule has 170 valence electrons. The van der Waals surface area contributed by atoms with E-state index in [0.29, 0.717) is 0 Å². The fraction of sp³-hybridized carbons (Fsp3) is 0.0588. The summed E-state index contributed by atoms with van der Waals surface area (Å²) in [7, 11) is 4.09. The van der Waals surface area contributed by atoms with Gasteiger partial charge in [0.05, 0.1) is 0 Å². The molecule has 0 spiro atoms. The molecule has 0 heterocycles. The summed E-state index contributed by atoms with van der Waals surface area (Å²) in [5.74, 6) is 0. The highest BCUT2D eigenvalue weighted by atomic mass is 14.8. The molecule has 8 rings (SSSR count). The topological polar surface area (TPSA) is 24.1 Å². The second-order valence-corrected chi connectivity index (χ2v) is 9.81. The lowest BCUT2D eigenvalue weighted by Gasteiger charge is -2.21. The fourth-order valence-electron chi connectivity index (χ4n) is 6.53. The van der Waals surface area contributed by atoms with Crippen LogP contribution in [-0.2, 0) is 0 Å². The van der Waals surface area contributed by atoms with Gasteiger partial charge >= 0.3 is 0 Å². The third-order valence-corrected chi connectivity index (χ3v) is 8.09. The summed E-state index contributed by atoms with van der Waals surface area (Å²) in [4.78, 5) is 0. The zero-order valence-corrected chi connectivity index (χ0v) is 20.2. The molecule has 2 heteroatoms. The van der Waals surface area contributed by atoms with Gasteiger partial charge < -0.3 is 10.6 Å². The highest BCUT2D eigenvalue weighted by molar-refractivity contribution is 6.39. The minimum atomic E-state index is 1.20. The first kappa shape index (κ1) is 19.7. The van der Waals surface area contributed by atoms with E-state index < -0.39 is 0 Å². The molecule has 0 unspecified atom stereocenters. The zero-order valence-electron chi connectivity index (χ0n) is 20.2. The van der Waals surface area contributed by atoms with Crippen molar-refractivity contribution in [3.63, 3.8) is 0 Å². The Hall–Kier alpha value is -4.56. The Balaban J connectivity index is 1.66. The summed E-state index contributed by atoms with van der Waals surface area (Å²) >= 11 is 0. The lowest BCUT2D eigenvalue weighted by atomic mass is 9.86. The second-order valence-electron chi connectivity index (χ2n) is 9.81. The van der Waals surface area contributed by atoms with Crippen LogP contribution in [0.5, 0.6) is 0 Å². The Morgan fingerprint density at radius 2 is 0.694 bits per heavy atom. The van der Waals surface area contributed by atoms with Crippen molar-refractivity contribution in [1.29, 1.82) is 0 Å². The molecule has 2 N–H and O–H groups in total. The average Bonchev–Trinajstić information content (AvgIpc) is 2.93. The standard InChI is InChI=1S/C34H24N2/c1-35-33-25-13-11-24-28-16-20-8-4-6-10-22(20)18-30(28)34(36-2)26-14-12-23(31(25)32(24)26)27-15-19-7-3-5-9-21(19)17-29(27)33/h3-18,35-36H,1-2H3. The van der Waals surface area contributed by atoms with Crippen molar-refractivity contribution < 1.29 is 0 Å². The largest absolute Gasteiger partial charge is 0.387 e. The van der Waals surface area contributed by atoms with Gasteiger partial charge in [-0.2, -0.15) is 0 Å². The summed E-state index contributed by atoms with van der Waals surface area (Å²) in [6.07, 6.45) is 0. The van der Waals surface area contributed by atoms with Crippen molar-refractivity contribution in [2.75, 3.05) is 24.7 Å². The summed E-state index contributed by atoms with van der Waals surface area (Å²) < 4.78 is 0. The predicted octanol–water partition coefficient (Wildman–Crippen LogP) is 9.28. The van der Waals surface area contributed by atoms with Crippen molar-refractivity contribution in [1.82, 2.24) is 0 Å². The molecule has 2 nitrogen and oxygen atoms in total. The Morgan fingerprint density at radius 1 is 0.361 bits per heavy atom. The maximum absolute atomic E-state index is 3.56. The molecule has 0 atom stereocenters. The first-order valence-corrected chi connectivity index (χ1v) is 12.5. The maximum Gasteiger partial charge on any atom is 0.0497 e. The number of hydrogen-bond acceptors (Lipinski definition) is 2. The van der Waals surface area contributed by atoms with Crippen LogP contribution in [0.1, 0.15) is 0 Å².